The molecule has 1 N–H and O–H groups in total. The van der Waals surface area contributed by atoms with Crippen LogP contribution in [0.15, 0.2) is 24.3 Å². The molecule has 0 heterocycles. The van der Waals surface area contributed by atoms with E-state index < -0.39 is 0 Å². The first kappa shape index (κ1) is 12.5. The molecule has 88 valence electrons. The predicted molar refractivity (Wildman–Crippen MR) is 61.6 cm³/mol. The number of hydrogen-bond acceptors (Lipinski definition) is 3. The monoisotopic (exact) mass is 223 g/mol. The molecule has 0 saturated carbocycles. The quantitative estimate of drug-likeness (QED) is 0.770. The molecule has 0 spiro atoms. The van der Waals surface area contributed by atoms with Crippen molar-refractivity contribution < 1.29 is 14.6 Å². The molecule has 1 aromatic rings. The minimum atomic E-state index is -0.196. The van der Waals surface area contributed by atoms with Crippen molar-refractivity contribution in [3.8, 4) is 5.75 Å². The molecule has 0 unspecified atom stereocenters. The molecule has 1 amide bonds. The van der Waals surface area contributed by atoms with Gasteiger partial charge in [0.1, 0.15) is 5.75 Å². The van der Waals surface area contributed by atoms with Gasteiger partial charge in [0, 0.05) is 20.2 Å². The molecule has 0 bridgehead atoms. The van der Waals surface area contributed by atoms with Crippen molar-refractivity contribution in [2.75, 3.05) is 26.8 Å². The third-order valence-corrected chi connectivity index (χ3v) is 2.26. The van der Waals surface area contributed by atoms with E-state index in [-0.39, 0.29) is 11.7 Å². The van der Waals surface area contributed by atoms with Crippen LogP contribution in [0.25, 0.3) is 0 Å². The maximum Gasteiger partial charge on any atom is 0.257 e. The summed E-state index contributed by atoms with van der Waals surface area (Å²) in [6.07, 6.45) is 0. The maximum absolute atomic E-state index is 11.9. The van der Waals surface area contributed by atoms with Crippen LogP contribution in [0.1, 0.15) is 17.3 Å². The molecule has 0 aliphatic rings. The van der Waals surface area contributed by atoms with E-state index >= 15 is 0 Å². The summed E-state index contributed by atoms with van der Waals surface area (Å²) in [7, 11) is 1.69. The van der Waals surface area contributed by atoms with Crippen LogP contribution in [0.2, 0.25) is 0 Å². The van der Waals surface area contributed by atoms with E-state index in [4.69, 9.17) is 4.74 Å². The average molecular weight is 223 g/mol. The van der Waals surface area contributed by atoms with Crippen molar-refractivity contribution in [2.24, 2.45) is 0 Å². The van der Waals surface area contributed by atoms with Crippen molar-refractivity contribution in [1.82, 2.24) is 4.90 Å². The minimum Gasteiger partial charge on any atom is -0.507 e. The van der Waals surface area contributed by atoms with Crippen LogP contribution in [-0.2, 0) is 4.74 Å². The number of phenols is 1. The number of amides is 1. The first-order valence-electron chi connectivity index (χ1n) is 5.28. The van der Waals surface area contributed by atoms with Crippen LogP contribution in [0.4, 0.5) is 0 Å². The average Bonchev–Trinajstić information content (AvgIpc) is 2.29. The molecule has 0 radical (unpaired) electrons. The zero-order chi connectivity index (χ0) is 12.0. The van der Waals surface area contributed by atoms with Crippen LogP contribution in [-0.4, -0.2) is 42.7 Å². The Morgan fingerprint density at radius 2 is 2.12 bits per heavy atom. The Labute approximate surface area is 95.5 Å². The number of phenolic OH excluding ortho intramolecular Hbond substituents is 1. The van der Waals surface area contributed by atoms with Gasteiger partial charge in [-0.15, -0.1) is 0 Å². The van der Waals surface area contributed by atoms with Crippen molar-refractivity contribution in [2.45, 2.75) is 6.92 Å². The lowest BCUT2D eigenvalue weighted by molar-refractivity contribution is 0.0707. The van der Waals surface area contributed by atoms with Gasteiger partial charge in [0.05, 0.1) is 12.2 Å². The van der Waals surface area contributed by atoms with Gasteiger partial charge in [-0.2, -0.15) is 0 Å². The fraction of sp³-hybridized carbons (Fsp3) is 0.417. The van der Waals surface area contributed by atoms with Gasteiger partial charge in [0.2, 0.25) is 0 Å². The van der Waals surface area contributed by atoms with Gasteiger partial charge in [-0.3, -0.25) is 4.79 Å². The minimum absolute atomic E-state index is 0.00996. The Morgan fingerprint density at radius 1 is 1.44 bits per heavy atom. The van der Waals surface area contributed by atoms with Crippen molar-refractivity contribution in [3.05, 3.63) is 29.8 Å². The molecular weight excluding hydrogens is 206 g/mol. The van der Waals surface area contributed by atoms with E-state index in [1.54, 1.807) is 25.2 Å². The van der Waals surface area contributed by atoms with E-state index in [9.17, 15) is 9.90 Å². The van der Waals surface area contributed by atoms with Gasteiger partial charge in [0.15, 0.2) is 0 Å². The Kier molecular flexibility index (Phi) is 4.79. The SMILES string of the molecule is CCOCCN(C)C(=O)c1ccccc1O. The zero-order valence-corrected chi connectivity index (χ0v) is 9.64. The summed E-state index contributed by atoms with van der Waals surface area (Å²) in [5.41, 5.74) is 0.321. The van der Waals surface area contributed by atoms with Gasteiger partial charge in [0.25, 0.3) is 5.91 Å². The maximum atomic E-state index is 11.9. The van der Waals surface area contributed by atoms with Crippen molar-refractivity contribution in [1.29, 1.82) is 0 Å². The van der Waals surface area contributed by atoms with Crippen molar-refractivity contribution in [3.63, 3.8) is 0 Å². The summed E-state index contributed by atoms with van der Waals surface area (Å²) in [6, 6.07) is 6.52. The molecule has 1 aromatic carbocycles. The van der Waals surface area contributed by atoms with E-state index in [0.29, 0.717) is 25.3 Å². The number of rotatable bonds is 5. The highest BCUT2D eigenvalue weighted by molar-refractivity contribution is 5.96. The summed E-state index contributed by atoms with van der Waals surface area (Å²) in [5, 5.41) is 9.52. The van der Waals surface area contributed by atoms with Crippen LogP contribution < -0.4 is 0 Å². The summed E-state index contributed by atoms with van der Waals surface area (Å²) < 4.78 is 5.16. The fourth-order valence-electron chi connectivity index (χ4n) is 1.31. The third-order valence-electron chi connectivity index (χ3n) is 2.26. The predicted octanol–water partition coefficient (Wildman–Crippen LogP) is 1.50. The summed E-state index contributed by atoms with van der Waals surface area (Å²) in [6.45, 7) is 3.57. The zero-order valence-electron chi connectivity index (χ0n) is 9.64. The second-order valence-electron chi connectivity index (χ2n) is 3.44. The number of likely N-dealkylation sites (N-methyl/N-ethyl adjacent to an activating group) is 1. The van der Waals surface area contributed by atoms with E-state index in [1.165, 1.54) is 11.0 Å². The molecule has 0 aromatic heterocycles. The molecule has 16 heavy (non-hydrogen) atoms. The lowest BCUT2D eigenvalue weighted by atomic mass is 10.2. The van der Waals surface area contributed by atoms with E-state index in [0.717, 1.165) is 0 Å². The van der Waals surface area contributed by atoms with Crippen molar-refractivity contribution >= 4 is 5.91 Å². The lowest BCUT2D eigenvalue weighted by Gasteiger charge is -2.17. The van der Waals surface area contributed by atoms with E-state index in [1.807, 2.05) is 6.92 Å². The third kappa shape index (κ3) is 3.24. The number of carbonyl (C=O) groups excluding carboxylic acids is 1. The highest BCUT2D eigenvalue weighted by Crippen LogP contribution is 2.16. The summed E-state index contributed by atoms with van der Waals surface area (Å²) in [5.74, 6) is -0.187. The van der Waals surface area contributed by atoms with Crippen LogP contribution in [0.5, 0.6) is 5.75 Å². The number of nitrogens with zero attached hydrogens (tertiary/aromatic N) is 1. The number of carbonyl (C=O) groups is 1. The second kappa shape index (κ2) is 6.12. The largest absolute Gasteiger partial charge is 0.507 e. The van der Waals surface area contributed by atoms with Crippen LogP contribution in [0.3, 0.4) is 0 Å². The molecular formula is C12H17NO3. The van der Waals surface area contributed by atoms with Crippen LogP contribution >= 0.6 is 0 Å². The molecule has 4 nitrogen and oxygen atoms in total. The number of para-hydroxylation sites is 1. The smallest absolute Gasteiger partial charge is 0.257 e. The molecule has 0 saturated heterocycles. The Balaban J connectivity index is 2.60. The van der Waals surface area contributed by atoms with Gasteiger partial charge in [-0.25, -0.2) is 0 Å². The molecule has 1 rings (SSSR count). The summed E-state index contributed by atoms with van der Waals surface area (Å²) in [4.78, 5) is 13.4. The van der Waals surface area contributed by atoms with Crippen LogP contribution in [0, 0.1) is 0 Å². The fourth-order valence-corrected chi connectivity index (χ4v) is 1.31. The highest BCUT2D eigenvalue weighted by Gasteiger charge is 2.14. The molecule has 4 heteroatoms. The topological polar surface area (TPSA) is 49.8 Å². The Bertz CT molecular complexity index is 352. The standard InChI is InChI=1S/C12H17NO3/c1-3-16-9-8-13(2)12(15)10-6-4-5-7-11(10)14/h4-7,14H,3,8-9H2,1-2H3. The molecule has 0 fully saturated rings. The van der Waals surface area contributed by atoms with E-state index in [2.05, 4.69) is 0 Å². The number of benzene rings is 1. The number of hydrogen-bond donors (Lipinski definition) is 1. The first-order chi connectivity index (χ1) is 7.66. The van der Waals surface area contributed by atoms with Gasteiger partial charge in [-0.1, -0.05) is 12.1 Å². The molecule has 0 aliphatic carbocycles. The molecule has 0 aliphatic heterocycles. The highest BCUT2D eigenvalue weighted by atomic mass is 16.5. The summed E-state index contributed by atoms with van der Waals surface area (Å²) >= 11 is 0. The van der Waals surface area contributed by atoms with Gasteiger partial charge < -0.3 is 14.7 Å². The van der Waals surface area contributed by atoms with Gasteiger partial charge >= 0.3 is 0 Å². The number of aromatic hydroxyl groups is 1. The Morgan fingerprint density at radius 3 is 2.75 bits per heavy atom. The number of ether oxygens (including phenoxy) is 1. The van der Waals surface area contributed by atoms with Gasteiger partial charge in [-0.05, 0) is 19.1 Å². The second-order valence-corrected chi connectivity index (χ2v) is 3.44. The normalized spacial score (nSPS) is 10.1. The first-order valence-corrected chi connectivity index (χ1v) is 5.28. The molecule has 0 atom stereocenters. The Hall–Kier alpha value is -1.55. The lowest BCUT2D eigenvalue weighted by Crippen LogP contribution is -2.30.